The molecule has 0 aliphatic carbocycles. The van der Waals surface area contributed by atoms with Gasteiger partial charge in [-0.15, -0.1) is 10.2 Å². The van der Waals surface area contributed by atoms with Gasteiger partial charge in [-0.05, 0) is 18.9 Å². The third kappa shape index (κ3) is 3.45. The van der Waals surface area contributed by atoms with Crippen molar-refractivity contribution in [3.05, 3.63) is 18.1 Å². The number of ether oxygens (including phenoxy) is 1. The number of nitrogens with zero attached hydrogens (tertiary/aromatic N) is 6. The molecule has 0 radical (unpaired) electrons. The summed E-state index contributed by atoms with van der Waals surface area (Å²) in [6.45, 7) is 11.2. The monoisotopic (exact) mass is 318 g/mol. The van der Waals surface area contributed by atoms with Gasteiger partial charge in [-0.3, -0.25) is 4.90 Å². The Kier molecular flexibility index (Phi) is 4.77. The van der Waals surface area contributed by atoms with E-state index in [4.69, 9.17) is 4.74 Å². The number of likely N-dealkylation sites (N-methyl/N-ethyl adjacent to an activating group) is 1. The maximum absolute atomic E-state index is 5.44. The molecule has 1 aliphatic heterocycles. The zero-order chi connectivity index (χ0) is 16.4. The van der Waals surface area contributed by atoms with Crippen LogP contribution >= 0.6 is 0 Å². The van der Waals surface area contributed by atoms with Crippen molar-refractivity contribution in [3.8, 4) is 0 Å². The highest BCUT2D eigenvalue weighted by Gasteiger charge is 2.20. The molecule has 0 N–H and O–H groups in total. The zero-order valence-corrected chi connectivity index (χ0v) is 14.4. The lowest BCUT2D eigenvalue weighted by molar-refractivity contribution is 0.0218. The third-order valence-corrected chi connectivity index (χ3v) is 4.48. The van der Waals surface area contributed by atoms with Crippen LogP contribution in [0.5, 0.6) is 0 Å². The first-order valence-electron chi connectivity index (χ1n) is 8.30. The van der Waals surface area contributed by atoms with E-state index < -0.39 is 0 Å². The highest BCUT2D eigenvalue weighted by Crippen LogP contribution is 2.23. The van der Waals surface area contributed by atoms with Gasteiger partial charge < -0.3 is 9.64 Å². The lowest BCUT2D eigenvalue weighted by Gasteiger charge is -2.35. The number of fused-ring (bicyclic) bond motifs is 1. The van der Waals surface area contributed by atoms with Crippen LogP contribution in [-0.2, 0) is 4.74 Å². The Morgan fingerprint density at radius 2 is 2.00 bits per heavy atom. The molecule has 0 aromatic carbocycles. The maximum atomic E-state index is 5.44. The van der Waals surface area contributed by atoms with Crippen LogP contribution in [0, 0.1) is 0 Å². The average molecular weight is 318 g/mol. The molecular formula is C16H26N6O. The highest BCUT2D eigenvalue weighted by atomic mass is 16.5. The van der Waals surface area contributed by atoms with Gasteiger partial charge in [-0.25, -0.2) is 0 Å². The lowest BCUT2D eigenvalue weighted by atomic mass is 10.1. The molecule has 0 saturated carbocycles. The molecule has 0 spiro atoms. The van der Waals surface area contributed by atoms with E-state index in [2.05, 4.69) is 59.0 Å². The largest absolute Gasteiger partial charge is 0.379 e. The van der Waals surface area contributed by atoms with Crippen molar-refractivity contribution < 1.29 is 4.74 Å². The van der Waals surface area contributed by atoms with E-state index >= 15 is 0 Å². The van der Waals surface area contributed by atoms with Gasteiger partial charge >= 0.3 is 0 Å². The Labute approximate surface area is 137 Å². The van der Waals surface area contributed by atoms with E-state index in [0.717, 1.165) is 49.9 Å². The van der Waals surface area contributed by atoms with Crippen LogP contribution in [0.4, 0.5) is 5.69 Å². The van der Waals surface area contributed by atoms with Gasteiger partial charge in [0.1, 0.15) is 6.33 Å². The molecule has 1 aliphatic rings. The molecule has 1 fully saturated rings. The first kappa shape index (κ1) is 16.1. The summed E-state index contributed by atoms with van der Waals surface area (Å²) >= 11 is 0. The summed E-state index contributed by atoms with van der Waals surface area (Å²) in [5, 5.41) is 12.8. The molecule has 3 heterocycles. The van der Waals surface area contributed by atoms with E-state index in [1.165, 1.54) is 0 Å². The van der Waals surface area contributed by atoms with Crippen molar-refractivity contribution in [1.29, 1.82) is 0 Å². The van der Waals surface area contributed by atoms with Gasteiger partial charge in [-0.2, -0.15) is 9.61 Å². The number of aromatic nitrogens is 4. The van der Waals surface area contributed by atoms with Crippen molar-refractivity contribution in [2.75, 3.05) is 44.8 Å². The maximum Gasteiger partial charge on any atom is 0.200 e. The van der Waals surface area contributed by atoms with Gasteiger partial charge in [0.2, 0.25) is 5.65 Å². The second-order valence-corrected chi connectivity index (χ2v) is 6.59. The lowest BCUT2D eigenvalue weighted by Crippen LogP contribution is -2.46. The van der Waals surface area contributed by atoms with Crippen LogP contribution in [0.25, 0.3) is 5.65 Å². The van der Waals surface area contributed by atoms with Crippen molar-refractivity contribution in [3.63, 3.8) is 0 Å². The summed E-state index contributed by atoms with van der Waals surface area (Å²) in [6.07, 6.45) is 1.67. The molecule has 126 valence electrons. The smallest absolute Gasteiger partial charge is 0.200 e. The normalized spacial score (nSPS) is 17.8. The van der Waals surface area contributed by atoms with E-state index in [9.17, 15) is 0 Å². The van der Waals surface area contributed by atoms with Crippen LogP contribution in [0.2, 0.25) is 0 Å². The predicted molar refractivity (Wildman–Crippen MR) is 90.0 cm³/mol. The summed E-state index contributed by atoms with van der Waals surface area (Å²) in [4.78, 5) is 4.74. The van der Waals surface area contributed by atoms with E-state index in [1.54, 1.807) is 10.8 Å². The topological polar surface area (TPSA) is 58.8 Å². The molecule has 3 rings (SSSR count). The van der Waals surface area contributed by atoms with Crippen molar-refractivity contribution in [1.82, 2.24) is 24.7 Å². The molecule has 1 atom stereocenters. The first-order valence-corrected chi connectivity index (χ1v) is 8.30. The number of hydrogen-bond acceptors (Lipinski definition) is 6. The first-order chi connectivity index (χ1) is 11.1. The van der Waals surface area contributed by atoms with Crippen molar-refractivity contribution in [2.24, 2.45) is 0 Å². The minimum absolute atomic E-state index is 0.366. The molecule has 2 aromatic rings. The minimum atomic E-state index is 0.366. The zero-order valence-electron chi connectivity index (χ0n) is 14.4. The molecule has 23 heavy (non-hydrogen) atoms. The minimum Gasteiger partial charge on any atom is -0.379 e. The fourth-order valence-corrected chi connectivity index (χ4v) is 3.02. The molecule has 1 saturated heterocycles. The Morgan fingerprint density at radius 1 is 1.26 bits per heavy atom. The molecule has 7 heteroatoms. The SMILES string of the molecule is CC(C)c1cc(N(C)CC(C)N2CCOCC2)c2nncn2n1. The van der Waals surface area contributed by atoms with Crippen molar-refractivity contribution in [2.45, 2.75) is 32.7 Å². The van der Waals surface area contributed by atoms with Gasteiger partial charge in [0.25, 0.3) is 0 Å². The fraction of sp³-hybridized carbons (Fsp3) is 0.688. The van der Waals surface area contributed by atoms with E-state index in [0.29, 0.717) is 12.0 Å². The standard InChI is InChI=1S/C16H26N6O/c1-12(2)14-9-15(16-18-17-11-22(16)19-14)20(4)10-13(3)21-5-7-23-8-6-21/h9,11-13H,5-8,10H2,1-4H3. The number of morpholine rings is 1. The summed E-state index contributed by atoms with van der Waals surface area (Å²) < 4.78 is 7.22. The third-order valence-electron chi connectivity index (χ3n) is 4.48. The second kappa shape index (κ2) is 6.80. The van der Waals surface area contributed by atoms with Crippen LogP contribution < -0.4 is 4.90 Å². The molecular weight excluding hydrogens is 292 g/mol. The average Bonchev–Trinajstić information content (AvgIpc) is 3.03. The van der Waals surface area contributed by atoms with Gasteiger partial charge in [0.15, 0.2) is 0 Å². The van der Waals surface area contributed by atoms with Crippen molar-refractivity contribution >= 4 is 11.3 Å². The summed E-state index contributed by atoms with van der Waals surface area (Å²) in [6, 6.07) is 2.60. The van der Waals surface area contributed by atoms with Crippen LogP contribution in [0.1, 0.15) is 32.4 Å². The predicted octanol–water partition coefficient (Wildman–Crippen LogP) is 1.40. The molecule has 0 bridgehead atoms. The van der Waals surface area contributed by atoms with Gasteiger partial charge in [0, 0.05) is 32.7 Å². The Balaban J connectivity index is 1.81. The number of rotatable bonds is 5. The number of anilines is 1. The molecule has 1 unspecified atom stereocenters. The van der Waals surface area contributed by atoms with Gasteiger partial charge in [-0.1, -0.05) is 13.8 Å². The second-order valence-electron chi connectivity index (χ2n) is 6.59. The summed E-state index contributed by atoms with van der Waals surface area (Å²) in [5.74, 6) is 0.366. The molecule has 7 nitrogen and oxygen atoms in total. The fourth-order valence-electron chi connectivity index (χ4n) is 3.02. The van der Waals surface area contributed by atoms with Crippen LogP contribution in [0.3, 0.4) is 0 Å². The van der Waals surface area contributed by atoms with Crippen LogP contribution in [-0.4, -0.2) is 70.6 Å². The highest BCUT2D eigenvalue weighted by molar-refractivity contribution is 5.68. The van der Waals surface area contributed by atoms with Crippen LogP contribution in [0.15, 0.2) is 12.4 Å². The van der Waals surface area contributed by atoms with Gasteiger partial charge in [0.05, 0.1) is 24.6 Å². The van der Waals surface area contributed by atoms with E-state index in [-0.39, 0.29) is 0 Å². The summed E-state index contributed by atoms with van der Waals surface area (Å²) in [5.41, 5.74) is 2.95. The Morgan fingerprint density at radius 3 is 2.70 bits per heavy atom. The quantitative estimate of drug-likeness (QED) is 0.831. The Bertz CT molecular complexity index is 649. The summed E-state index contributed by atoms with van der Waals surface area (Å²) in [7, 11) is 2.12. The number of hydrogen-bond donors (Lipinski definition) is 0. The Hall–Kier alpha value is -1.73. The molecule has 0 amide bonds. The van der Waals surface area contributed by atoms with E-state index in [1.807, 2.05) is 0 Å². The molecule has 2 aromatic heterocycles.